The molecule has 6 heteroatoms. The van der Waals surface area contributed by atoms with Crippen LogP contribution in [0.2, 0.25) is 0 Å². The van der Waals surface area contributed by atoms with Gasteiger partial charge in [0.2, 0.25) is 11.8 Å². The number of likely N-dealkylation sites (tertiary alicyclic amines) is 1. The summed E-state index contributed by atoms with van der Waals surface area (Å²) in [6.45, 7) is 2.80. The molecule has 1 fully saturated rings. The second-order valence-corrected chi connectivity index (χ2v) is 6.95. The first-order chi connectivity index (χ1) is 13.0. The Hall–Kier alpha value is -2.76. The molecule has 1 atom stereocenters. The van der Waals surface area contributed by atoms with E-state index in [-0.39, 0.29) is 36.0 Å². The van der Waals surface area contributed by atoms with E-state index in [1.54, 1.807) is 18.3 Å². The summed E-state index contributed by atoms with van der Waals surface area (Å²) < 4.78 is 13.0. The molecule has 1 N–H and O–H groups in total. The Balaban J connectivity index is 1.60. The molecule has 0 aliphatic carbocycles. The Morgan fingerprint density at radius 3 is 2.48 bits per heavy atom. The maximum absolute atomic E-state index is 13.0. The van der Waals surface area contributed by atoms with Crippen LogP contribution in [0.15, 0.2) is 48.7 Å². The minimum atomic E-state index is -0.300. The molecule has 1 aromatic carbocycles. The molecule has 3 rings (SSSR count). The molecule has 0 radical (unpaired) electrons. The average Bonchev–Trinajstić information content (AvgIpc) is 2.68. The van der Waals surface area contributed by atoms with Gasteiger partial charge in [0.1, 0.15) is 5.82 Å². The molecule has 5 nitrogen and oxygen atoms in total. The Kier molecular flexibility index (Phi) is 6.16. The second-order valence-electron chi connectivity index (χ2n) is 6.95. The second kappa shape index (κ2) is 8.75. The van der Waals surface area contributed by atoms with E-state index in [1.165, 1.54) is 19.1 Å². The number of hydrogen-bond acceptors (Lipinski definition) is 3. The van der Waals surface area contributed by atoms with Crippen molar-refractivity contribution in [1.82, 2.24) is 15.2 Å². The van der Waals surface area contributed by atoms with Crippen molar-refractivity contribution < 1.29 is 14.0 Å². The smallest absolute Gasteiger partial charge is 0.226 e. The van der Waals surface area contributed by atoms with Gasteiger partial charge < -0.3 is 10.2 Å². The molecule has 0 spiro atoms. The fraction of sp³-hybridized carbons (Fsp3) is 0.381. The van der Waals surface area contributed by atoms with Gasteiger partial charge in [-0.25, -0.2) is 4.39 Å². The maximum atomic E-state index is 13.0. The molecular weight excluding hydrogens is 345 g/mol. The fourth-order valence-electron chi connectivity index (χ4n) is 3.58. The van der Waals surface area contributed by atoms with Crippen LogP contribution in [-0.4, -0.2) is 34.8 Å². The van der Waals surface area contributed by atoms with Crippen LogP contribution >= 0.6 is 0 Å². The Labute approximate surface area is 158 Å². The summed E-state index contributed by atoms with van der Waals surface area (Å²) >= 11 is 0. The van der Waals surface area contributed by atoms with Crippen molar-refractivity contribution in [2.75, 3.05) is 13.1 Å². The molecule has 1 aliphatic heterocycles. The van der Waals surface area contributed by atoms with Crippen LogP contribution < -0.4 is 5.32 Å². The van der Waals surface area contributed by atoms with Gasteiger partial charge in [-0.3, -0.25) is 14.6 Å². The first kappa shape index (κ1) is 19.0. The number of pyridine rings is 1. The number of halogens is 1. The van der Waals surface area contributed by atoms with Gasteiger partial charge in [0.15, 0.2) is 0 Å². The normalized spacial score (nSPS) is 16.0. The maximum Gasteiger partial charge on any atom is 0.226 e. The van der Waals surface area contributed by atoms with E-state index in [4.69, 9.17) is 0 Å². The van der Waals surface area contributed by atoms with E-state index in [0.717, 1.165) is 24.1 Å². The molecule has 142 valence electrons. The summed E-state index contributed by atoms with van der Waals surface area (Å²) in [5.41, 5.74) is 1.66. The van der Waals surface area contributed by atoms with Crippen LogP contribution in [0.4, 0.5) is 4.39 Å². The van der Waals surface area contributed by atoms with E-state index in [9.17, 15) is 14.0 Å². The summed E-state index contributed by atoms with van der Waals surface area (Å²) in [7, 11) is 0. The lowest BCUT2D eigenvalue weighted by molar-refractivity contribution is -0.132. The van der Waals surface area contributed by atoms with E-state index in [1.807, 2.05) is 23.1 Å². The average molecular weight is 369 g/mol. The molecule has 1 aliphatic rings. The zero-order valence-corrected chi connectivity index (χ0v) is 15.4. The number of nitrogens with zero attached hydrogens (tertiary/aromatic N) is 2. The summed E-state index contributed by atoms with van der Waals surface area (Å²) in [6, 6.07) is 11.6. The minimum absolute atomic E-state index is 0.0500. The molecule has 27 heavy (non-hydrogen) atoms. The number of amides is 2. The number of aromatic nitrogens is 1. The fourth-order valence-corrected chi connectivity index (χ4v) is 3.58. The monoisotopic (exact) mass is 369 g/mol. The Morgan fingerprint density at radius 2 is 1.89 bits per heavy atom. The largest absolute Gasteiger partial charge is 0.348 e. The van der Waals surface area contributed by atoms with Gasteiger partial charge >= 0.3 is 0 Å². The van der Waals surface area contributed by atoms with Crippen molar-refractivity contribution in [3.8, 4) is 0 Å². The van der Waals surface area contributed by atoms with E-state index in [0.29, 0.717) is 13.1 Å². The minimum Gasteiger partial charge on any atom is -0.348 e. The van der Waals surface area contributed by atoms with Crippen molar-refractivity contribution in [3.05, 3.63) is 65.7 Å². The topological polar surface area (TPSA) is 62.3 Å². The van der Waals surface area contributed by atoms with Crippen LogP contribution in [0.1, 0.15) is 37.1 Å². The molecule has 2 heterocycles. The lowest BCUT2D eigenvalue weighted by Crippen LogP contribution is -2.43. The summed E-state index contributed by atoms with van der Waals surface area (Å²) in [4.78, 5) is 30.4. The quantitative estimate of drug-likeness (QED) is 0.882. The molecule has 2 aromatic rings. The molecule has 1 saturated heterocycles. The number of carbonyl (C=O) groups excluding carboxylic acids is 2. The number of hydrogen-bond donors (Lipinski definition) is 1. The van der Waals surface area contributed by atoms with Crippen LogP contribution in [0.25, 0.3) is 0 Å². The molecule has 1 aromatic heterocycles. The Bertz CT molecular complexity index is 772. The van der Waals surface area contributed by atoms with Gasteiger partial charge in [-0.2, -0.15) is 0 Å². The number of piperidine rings is 1. The van der Waals surface area contributed by atoms with E-state index < -0.39 is 0 Å². The van der Waals surface area contributed by atoms with Crippen LogP contribution in [0.3, 0.4) is 0 Å². The number of rotatable bonds is 5. The first-order valence-electron chi connectivity index (χ1n) is 9.23. The van der Waals surface area contributed by atoms with Gasteiger partial charge in [-0.1, -0.05) is 18.2 Å². The van der Waals surface area contributed by atoms with Gasteiger partial charge in [-0.05, 0) is 48.6 Å². The zero-order valence-electron chi connectivity index (χ0n) is 15.4. The summed E-state index contributed by atoms with van der Waals surface area (Å²) in [5, 5.41) is 3.01. The highest BCUT2D eigenvalue weighted by molar-refractivity contribution is 5.78. The van der Waals surface area contributed by atoms with Crippen LogP contribution in [0, 0.1) is 11.7 Å². The summed E-state index contributed by atoms with van der Waals surface area (Å²) in [6.07, 6.45) is 3.61. The van der Waals surface area contributed by atoms with Crippen LogP contribution in [0.5, 0.6) is 0 Å². The SMILES string of the molecule is CC(=O)N[C@@H](c1ccccn1)C1CCN(C(=O)Cc2ccc(F)cc2)CC1. The van der Waals surface area contributed by atoms with Crippen LogP contribution in [-0.2, 0) is 16.0 Å². The highest BCUT2D eigenvalue weighted by Crippen LogP contribution is 2.30. The zero-order chi connectivity index (χ0) is 19.2. The lowest BCUT2D eigenvalue weighted by atomic mass is 9.87. The standard InChI is InChI=1S/C21H24FN3O2/c1-15(26)24-21(19-4-2-3-11-23-19)17-9-12-25(13-10-17)20(27)14-16-5-7-18(22)8-6-16/h2-8,11,17,21H,9-10,12-14H2,1H3,(H,24,26)/t21-/m1/s1. The highest BCUT2D eigenvalue weighted by Gasteiger charge is 2.30. The predicted octanol–water partition coefficient (Wildman–Crippen LogP) is 2.88. The number of carbonyl (C=O) groups is 2. The van der Waals surface area contributed by atoms with Gasteiger partial charge in [0, 0.05) is 26.2 Å². The first-order valence-corrected chi connectivity index (χ1v) is 9.23. The van der Waals surface area contributed by atoms with Crippen molar-refractivity contribution in [2.24, 2.45) is 5.92 Å². The molecular formula is C21H24FN3O2. The number of nitrogens with one attached hydrogen (secondary N) is 1. The third kappa shape index (κ3) is 5.12. The van der Waals surface area contributed by atoms with E-state index >= 15 is 0 Å². The molecule has 2 amide bonds. The van der Waals surface area contributed by atoms with Crippen molar-refractivity contribution >= 4 is 11.8 Å². The van der Waals surface area contributed by atoms with Crippen molar-refractivity contribution in [1.29, 1.82) is 0 Å². The van der Waals surface area contributed by atoms with Crippen molar-refractivity contribution in [2.45, 2.75) is 32.2 Å². The molecule has 0 unspecified atom stereocenters. The molecule has 0 saturated carbocycles. The number of benzene rings is 1. The third-order valence-corrected chi connectivity index (χ3v) is 5.00. The lowest BCUT2D eigenvalue weighted by Gasteiger charge is -2.36. The third-order valence-electron chi connectivity index (χ3n) is 5.00. The van der Waals surface area contributed by atoms with Gasteiger partial charge in [0.25, 0.3) is 0 Å². The van der Waals surface area contributed by atoms with Crippen molar-refractivity contribution in [3.63, 3.8) is 0 Å². The molecule has 0 bridgehead atoms. The highest BCUT2D eigenvalue weighted by atomic mass is 19.1. The Morgan fingerprint density at radius 1 is 1.19 bits per heavy atom. The van der Waals surface area contributed by atoms with E-state index in [2.05, 4.69) is 10.3 Å². The summed E-state index contributed by atoms with van der Waals surface area (Å²) in [5.74, 6) is -0.0985. The predicted molar refractivity (Wildman–Crippen MR) is 100 cm³/mol. The van der Waals surface area contributed by atoms with Gasteiger partial charge in [0.05, 0.1) is 18.2 Å². The van der Waals surface area contributed by atoms with Gasteiger partial charge in [-0.15, -0.1) is 0 Å².